The first-order valence-corrected chi connectivity index (χ1v) is 6.93. The van der Waals surface area contributed by atoms with E-state index >= 15 is 0 Å². The third kappa shape index (κ3) is 2.52. The van der Waals surface area contributed by atoms with E-state index in [0.29, 0.717) is 6.42 Å². The molecule has 0 saturated carbocycles. The van der Waals surface area contributed by atoms with Gasteiger partial charge in [0.15, 0.2) is 4.96 Å². The molecule has 3 nitrogen and oxygen atoms in total. The van der Waals surface area contributed by atoms with Gasteiger partial charge in [0.1, 0.15) is 5.82 Å². The number of aromatic nitrogens is 2. The van der Waals surface area contributed by atoms with Crippen molar-refractivity contribution in [3.63, 3.8) is 0 Å². The van der Waals surface area contributed by atoms with Crippen LogP contribution < -0.4 is 5.73 Å². The predicted octanol–water partition coefficient (Wildman–Crippen LogP) is 3.09. The molecule has 2 heterocycles. The highest BCUT2D eigenvalue weighted by molar-refractivity contribution is 7.15. The lowest BCUT2D eigenvalue weighted by molar-refractivity contribution is 0.616. The van der Waals surface area contributed by atoms with Gasteiger partial charge in [-0.25, -0.2) is 9.37 Å². The van der Waals surface area contributed by atoms with Gasteiger partial charge >= 0.3 is 0 Å². The molecule has 0 fully saturated rings. The highest BCUT2D eigenvalue weighted by atomic mass is 32.1. The van der Waals surface area contributed by atoms with Crippen LogP contribution in [0.2, 0.25) is 0 Å². The Morgan fingerprint density at radius 1 is 1.42 bits per heavy atom. The van der Waals surface area contributed by atoms with Crippen molar-refractivity contribution in [2.75, 3.05) is 0 Å². The summed E-state index contributed by atoms with van der Waals surface area (Å²) < 4.78 is 15.3. The first kappa shape index (κ1) is 12.3. The van der Waals surface area contributed by atoms with E-state index in [4.69, 9.17) is 5.73 Å². The molecular weight excluding hydrogens is 261 g/mol. The largest absolute Gasteiger partial charge is 0.324 e. The fourth-order valence-electron chi connectivity index (χ4n) is 2.20. The highest BCUT2D eigenvalue weighted by Crippen LogP contribution is 2.20. The second-order valence-corrected chi connectivity index (χ2v) is 5.57. The number of aryl methyl sites for hydroxylation is 1. The summed E-state index contributed by atoms with van der Waals surface area (Å²) in [5.74, 6) is -0.240. The molecule has 2 N–H and O–H groups in total. The summed E-state index contributed by atoms with van der Waals surface area (Å²) in [6.45, 7) is 1.87. The Kier molecular flexibility index (Phi) is 3.08. The molecule has 0 aliphatic carbocycles. The first-order chi connectivity index (χ1) is 9.11. The molecule has 0 aliphatic rings. The van der Waals surface area contributed by atoms with Gasteiger partial charge in [-0.3, -0.25) is 4.40 Å². The van der Waals surface area contributed by atoms with E-state index in [-0.39, 0.29) is 11.9 Å². The van der Waals surface area contributed by atoms with Crippen molar-refractivity contribution in [2.24, 2.45) is 5.73 Å². The van der Waals surface area contributed by atoms with Crippen molar-refractivity contribution in [3.05, 3.63) is 58.6 Å². The molecule has 0 radical (unpaired) electrons. The van der Waals surface area contributed by atoms with E-state index in [1.165, 1.54) is 12.1 Å². The Labute approximate surface area is 114 Å². The molecule has 19 heavy (non-hydrogen) atoms. The molecule has 1 aromatic carbocycles. The number of fused-ring (bicyclic) bond motifs is 1. The lowest BCUT2D eigenvalue weighted by Crippen LogP contribution is -2.14. The van der Waals surface area contributed by atoms with E-state index in [0.717, 1.165) is 21.8 Å². The minimum absolute atomic E-state index is 0.237. The zero-order valence-corrected chi connectivity index (χ0v) is 11.3. The van der Waals surface area contributed by atoms with Crippen LogP contribution in [0.15, 0.2) is 36.0 Å². The van der Waals surface area contributed by atoms with Crippen molar-refractivity contribution < 1.29 is 4.39 Å². The monoisotopic (exact) mass is 275 g/mol. The molecule has 98 valence electrons. The van der Waals surface area contributed by atoms with Gasteiger partial charge < -0.3 is 5.73 Å². The minimum atomic E-state index is -0.240. The second kappa shape index (κ2) is 4.75. The summed E-state index contributed by atoms with van der Waals surface area (Å²) >= 11 is 1.59. The highest BCUT2D eigenvalue weighted by Gasteiger charge is 2.12. The van der Waals surface area contributed by atoms with E-state index in [1.54, 1.807) is 11.3 Å². The quantitative estimate of drug-likeness (QED) is 0.798. The second-order valence-electron chi connectivity index (χ2n) is 4.70. The lowest BCUT2D eigenvalue weighted by Gasteiger charge is -2.11. The van der Waals surface area contributed by atoms with Gasteiger partial charge in [0.2, 0.25) is 0 Å². The zero-order chi connectivity index (χ0) is 13.4. The van der Waals surface area contributed by atoms with Crippen LogP contribution in [0.5, 0.6) is 0 Å². The van der Waals surface area contributed by atoms with Gasteiger partial charge in [0.05, 0.1) is 5.69 Å². The molecule has 0 bridgehead atoms. The number of nitrogens with zero attached hydrogens (tertiary/aromatic N) is 2. The van der Waals surface area contributed by atoms with Crippen molar-refractivity contribution in [3.8, 4) is 0 Å². The van der Waals surface area contributed by atoms with Crippen LogP contribution in [0, 0.1) is 12.7 Å². The number of thiazole rings is 1. The lowest BCUT2D eigenvalue weighted by atomic mass is 10.0. The number of hydrogen-bond acceptors (Lipinski definition) is 3. The van der Waals surface area contributed by atoms with Crippen molar-refractivity contribution in [2.45, 2.75) is 19.4 Å². The SMILES string of the molecule is Cc1cc(F)cc(C(N)Cc2cn3ccsc3n2)c1. The molecule has 0 aliphatic heterocycles. The number of imidazole rings is 1. The topological polar surface area (TPSA) is 43.3 Å². The number of nitrogens with two attached hydrogens (primary N) is 1. The summed E-state index contributed by atoms with van der Waals surface area (Å²) in [5.41, 5.74) is 8.77. The molecular formula is C14H14FN3S. The fourth-order valence-corrected chi connectivity index (χ4v) is 2.92. The van der Waals surface area contributed by atoms with Gasteiger partial charge in [0.25, 0.3) is 0 Å². The zero-order valence-electron chi connectivity index (χ0n) is 10.5. The molecule has 3 aromatic rings. The number of benzene rings is 1. The molecule has 1 atom stereocenters. The van der Waals surface area contributed by atoms with Crippen LogP contribution in [0.4, 0.5) is 4.39 Å². The minimum Gasteiger partial charge on any atom is -0.324 e. The average Bonchev–Trinajstić information content (AvgIpc) is 2.88. The van der Waals surface area contributed by atoms with E-state index < -0.39 is 0 Å². The molecule has 2 aromatic heterocycles. The summed E-state index contributed by atoms with van der Waals surface area (Å²) in [7, 11) is 0. The molecule has 5 heteroatoms. The third-order valence-corrected chi connectivity index (χ3v) is 3.84. The first-order valence-electron chi connectivity index (χ1n) is 6.05. The summed E-state index contributed by atoms with van der Waals surface area (Å²) in [4.78, 5) is 5.45. The molecule has 1 unspecified atom stereocenters. The molecule has 0 amide bonds. The Balaban J connectivity index is 1.84. The van der Waals surface area contributed by atoms with Crippen molar-refractivity contribution in [1.29, 1.82) is 0 Å². The predicted molar refractivity (Wildman–Crippen MR) is 74.8 cm³/mol. The average molecular weight is 275 g/mol. The third-order valence-electron chi connectivity index (χ3n) is 3.06. The Hall–Kier alpha value is -1.72. The van der Waals surface area contributed by atoms with E-state index in [2.05, 4.69) is 4.98 Å². The normalized spacial score (nSPS) is 13.0. The van der Waals surface area contributed by atoms with Gasteiger partial charge in [-0.05, 0) is 30.2 Å². The van der Waals surface area contributed by atoms with Gasteiger partial charge in [-0.2, -0.15) is 0 Å². The van der Waals surface area contributed by atoms with E-state index in [1.807, 2.05) is 35.2 Å². The summed E-state index contributed by atoms with van der Waals surface area (Å²) in [6, 6.07) is 4.68. The Morgan fingerprint density at radius 2 is 2.26 bits per heavy atom. The van der Waals surface area contributed by atoms with Crippen molar-refractivity contribution >= 4 is 16.3 Å². The van der Waals surface area contributed by atoms with Crippen LogP contribution in [0.25, 0.3) is 4.96 Å². The van der Waals surface area contributed by atoms with Crippen LogP contribution in [-0.4, -0.2) is 9.38 Å². The number of hydrogen-bond donors (Lipinski definition) is 1. The van der Waals surface area contributed by atoms with Crippen molar-refractivity contribution in [1.82, 2.24) is 9.38 Å². The smallest absolute Gasteiger partial charge is 0.193 e. The number of halogens is 1. The maximum atomic E-state index is 13.4. The number of rotatable bonds is 3. The van der Waals surface area contributed by atoms with E-state index in [9.17, 15) is 4.39 Å². The standard InChI is InChI=1S/C14H14FN3S/c1-9-4-10(6-11(15)5-9)13(16)7-12-8-18-2-3-19-14(18)17-12/h2-6,8,13H,7,16H2,1H3. The molecule has 0 saturated heterocycles. The van der Waals surface area contributed by atoms with Crippen LogP contribution in [0.3, 0.4) is 0 Å². The fraction of sp³-hybridized carbons (Fsp3) is 0.214. The van der Waals surface area contributed by atoms with Crippen LogP contribution in [-0.2, 0) is 6.42 Å². The summed E-state index contributed by atoms with van der Waals surface area (Å²) in [6.07, 6.45) is 4.55. The Bertz CT molecular complexity index is 668. The van der Waals surface area contributed by atoms with Gasteiger partial charge in [0, 0.05) is 30.2 Å². The summed E-state index contributed by atoms with van der Waals surface area (Å²) in [5, 5.41) is 1.99. The van der Waals surface area contributed by atoms with Gasteiger partial charge in [-0.15, -0.1) is 11.3 Å². The maximum Gasteiger partial charge on any atom is 0.193 e. The van der Waals surface area contributed by atoms with Crippen LogP contribution in [0.1, 0.15) is 22.9 Å². The molecule has 3 rings (SSSR count). The Morgan fingerprint density at radius 3 is 3.00 bits per heavy atom. The molecule has 0 spiro atoms. The maximum absolute atomic E-state index is 13.4. The van der Waals surface area contributed by atoms with Crippen LogP contribution >= 0.6 is 11.3 Å². The van der Waals surface area contributed by atoms with Gasteiger partial charge in [-0.1, -0.05) is 6.07 Å².